The van der Waals surface area contributed by atoms with Crippen molar-refractivity contribution < 1.29 is 24.1 Å². The number of hydrogen-bond acceptors (Lipinski definition) is 7. The Morgan fingerprint density at radius 1 is 0.778 bits per heavy atom. The summed E-state index contributed by atoms with van der Waals surface area (Å²) in [5, 5.41) is 10.1. The van der Waals surface area contributed by atoms with E-state index in [0.717, 1.165) is 16.7 Å². The molecule has 140 valence electrons. The van der Waals surface area contributed by atoms with Gasteiger partial charge in [-0.3, -0.25) is 0 Å². The third-order valence-electron chi connectivity index (χ3n) is 4.14. The summed E-state index contributed by atoms with van der Waals surface area (Å²) in [6, 6.07) is 8.77. The number of phenols is 1. The number of benzene rings is 2. The van der Waals surface area contributed by atoms with Gasteiger partial charge in [-0.15, -0.1) is 0 Å². The summed E-state index contributed by atoms with van der Waals surface area (Å²) >= 11 is 0. The highest BCUT2D eigenvalue weighted by Gasteiger charge is 2.18. The van der Waals surface area contributed by atoms with E-state index < -0.39 is 0 Å². The van der Waals surface area contributed by atoms with E-state index in [1.165, 1.54) is 13.4 Å². The predicted octanol–water partition coefficient (Wildman–Crippen LogP) is 3.55. The van der Waals surface area contributed by atoms with Gasteiger partial charge in [0.25, 0.3) is 0 Å². The highest BCUT2D eigenvalue weighted by molar-refractivity contribution is 5.83. The van der Waals surface area contributed by atoms with Gasteiger partial charge >= 0.3 is 0 Å². The minimum atomic E-state index is 0.0368. The first-order chi connectivity index (χ1) is 13.1. The zero-order valence-corrected chi connectivity index (χ0v) is 15.5. The number of rotatable bonds is 6. The molecule has 0 aliphatic carbocycles. The van der Waals surface area contributed by atoms with Gasteiger partial charge in [-0.2, -0.15) is 0 Å². The zero-order chi connectivity index (χ0) is 19.4. The number of methoxy groups -OCH3 is 4. The standard InChI is InChI=1S/C20H20N2O5/c1-24-16-6-5-12(7-15(16)23)14-10-21-11-22-19(14)13-8-17(25-2)20(27-4)18(9-13)26-3/h5-11,23H,1-4H3. The van der Waals surface area contributed by atoms with Crippen LogP contribution in [0.15, 0.2) is 42.9 Å². The second-order valence-electron chi connectivity index (χ2n) is 5.59. The van der Waals surface area contributed by atoms with Crippen LogP contribution in [0.1, 0.15) is 0 Å². The summed E-state index contributed by atoms with van der Waals surface area (Å²) in [6.07, 6.45) is 3.15. The van der Waals surface area contributed by atoms with E-state index in [2.05, 4.69) is 9.97 Å². The Hall–Kier alpha value is -3.48. The topological polar surface area (TPSA) is 82.9 Å². The molecule has 0 atom stereocenters. The molecule has 3 rings (SSSR count). The van der Waals surface area contributed by atoms with Gasteiger partial charge in [0.05, 0.1) is 34.1 Å². The highest BCUT2D eigenvalue weighted by atomic mass is 16.5. The van der Waals surface area contributed by atoms with Crippen molar-refractivity contribution >= 4 is 0 Å². The largest absolute Gasteiger partial charge is 0.504 e. The molecule has 0 fully saturated rings. The molecular weight excluding hydrogens is 348 g/mol. The highest BCUT2D eigenvalue weighted by Crippen LogP contribution is 2.43. The lowest BCUT2D eigenvalue weighted by Gasteiger charge is -2.15. The minimum absolute atomic E-state index is 0.0368. The molecule has 1 N–H and O–H groups in total. The zero-order valence-electron chi connectivity index (χ0n) is 15.5. The van der Waals surface area contributed by atoms with Crippen LogP contribution in [-0.2, 0) is 0 Å². The van der Waals surface area contributed by atoms with Crippen LogP contribution in [0.3, 0.4) is 0 Å². The van der Waals surface area contributed by atoms with Crippen molar-refractivity contribution in [2.75, 3.05) is 28.4 Å². The molecule has 1 aromatic heterocycles. The Balaban J connectivity index is 2.18. The minimum Gasteiger partial charge on any atom is -0.504 e. The first kappa shape index (κ1) is 18.3. The predicted molar refractivity (Wildman–Crippen MR) is 101 cm³/mol. The summed E-state index contributed by atoms with van der Waals surface area (Å²) in [5.41, 5.74) is 2.91. The van der Waals surface area contributed by atoms with Gasteiger partial charge in [-0.1, -0.05) is 6.07 Å². The average Bonchev–Trinajstić information content (AvgIpc) is 2.72. The number of aromatic hydroxyl groups is 1. The summed E-state index contributed by atoms with van der Waals surface area (Å²) < 4.78 is 21.3. The summed E-state index contributed by atoms with van der Waals surface area (Å²) in [7, 11) is 6.17. The lowest BCUT2D eigenvalue weighted by atomic mass is 10.00. The molecule has 0 aliphatic rings. The van der Waals surface area contributed by atoms with Gasteiger partial charge in [0, 0.05) is 17.3 Å². The van der Waals surface area contributed by atoms with Gasteiger partial charge in [0.1, 0.15) is 6.33 Å². The fourth-order valence-electron chi connectivity index (χ4n) is 2.85. The fourth-order valence-corrected chi connectivity index (χ4v) is 2.85. The van der Waals surface area contributed by atoms with Crippen LogP contribution >= 0.6 is 0 Å². The lowest BCUT2D eigenvalue weighted by Crippen LogP contribution is -1.97. The van der Waals surface area contributed by atoms with E-state index >= 15 is 0 Å². The Morgan fingerprint density at radius 2 is 1.44 bits per heavy atom. The van der Waals surface area contributed by atoms with Crippen LogP contribution in [-0.4, -0.2) is 43.5 Å². The number of aromatic nitrogens is 2. The van der Waals surface area contributed by atoms with E-state index in [1.807, 2.05) is 18.2 Å². The molecule has 3 aromatic rings. The maximum absolute atomic E-state index is 10.1. The molecule has 0 radical (unpaired) electrons. The van der Waals surface area contributed by atoms with Crippen molar-refractivity contribution in [2.24, 2.45) is 0 Å². The Labute approximate surface area is 157 Å². The third-order valence-corrected chi connectivity index (χ3v) is 4.14. The monoisotopic (exact) mass is 368 g/mol. The number of nitrogens with zero attached hydrogens (tertiary/aromatic N) is 2. The van der Waals surface area contributed by atoms with E-state index in [4.69, 9.17) is 18.9 Å². The maximum Gasteiger partial charge on any atom is 0.203 e. The Kier molecular flexibility index (Phi) is 5.30. The van der Waals surface area contributed by atoms with E-state index in [1.54, 1.807) is 39.7 Å². The van der Waals surface area contributed by atoms with Crippen LogP contribution < -0.4 is 18.9 Å². The Bertz CT molecular complexity index is 934. The van der Waals surface area contributed by atoms with Crippen LogP contribution in [0.25, 0.3) is 22.4 Å². The average molecular weight is 368 g/mol. The van der Waals surface area contributed by atoms with E-state index in [0.29, 0.717) is 28.7 Å². The fraction of sp³-hybridized carbons (Fsp3) is 0.200. The van der Waals surface area contributed by atoms with Gasteiger partial charge in [0.15, 0.2) is 23.0 Å². The number of hydrogen-bond donors (Lipinski definition) is 1. The molecule has 0 spiro atoms. The van der Waals surface area contributed by atoms with Crippen molar-refractivity contribution in [3.8, 4) is 51.1 Å². The van der Waals surface area contributed by atoms with Crippen molar-refractivity contribution in [1.29, 1.82) is 0 Å². The van der Waals surface area contributed by atoms with Crippen molar-refractivity contribution in [3.63, 3.8) is 0 Å². The molecule has 0 aliphatic heterocycles. The third kappa shape index (κ3) is 3.44. The maximum atomic E-state index is 10.1. The lowest BCUT2D eigenvalue weighted by molar-refractivity contribution is 0.324. The second-order valence-corrected chi connectivity index (χ2v) is 5.59. The first-order valence-electron chi connectivity index (χ1n) is 8.10. The molecule has 7 nitrogen and oxygen atoms in total. The van der Waals surface area contributed by atoms with Gasteiger partial charge in [0.2, 0.25) is 5.75 Å². The van der Waals surface area contributed by atoms with E-state index in [9.17, 15) is 5.11 Å². The molecule has 0 saturated carbocycles. The second kappa shape index (κ2) is 7.82. The van der Waals surface area contributed by atoms with Crippen LogP contribution in [0.5, 0.6) is 28.7 Å². The van der Waals surface area contributed by atoms with Gasteiger partial charge in [-0.25, -0.2) is 9.97 Å². The summed E-state index contributed by atoms with van der Waals surface area (Å²) in [4.78, 5) is 8.56. The Morgan fingerprint density at radius 3 is 2.00 bits per heavy atom. The molecule has 0 saturated heterocycles. The van der Waals surface area contributed by atoms with Gasteiger partial charge < -0.3 is 24.1 Å². The smallest absolute Gasteiger partial charge is 0.203 e. The quantitative estimate of drug-likeness (QED) is 0.712. The molecule has 0 amide bonds. The molecular formula is C20H20N2O5. The molecule has 0 bridgehead atoms. The van der Waals surface area contributed by atoms with Gasteiger partial charge in [-0.05, 0) is 29.8 Å². The van der Waals surface area contributed by atoms with Crippen molar-refractivity contribution in [1.82, 2.24) is 9.97 Å². The van der Waals surface area contributed by atoms with Crippen LogP contribution in [0, 0.1) is 0 Å². The normalized spacial score (nSPS) is 10.4. The van der Waals surface area contributed by atoms with Crippen LogP contribution in [0.4, 0.5) is 0 Å². The SMILES string of the molecule is COc1ccc(-c2cncnc2-c2cc(OC)c(OC)c(OC)c2)cc1O. The summed E-state index contributed by atoms with van der Waals surface area (Å²) in [6.45, 7) is 0. The molecule has 27 heavy (non-hydrogen) atoms. The number of phenolic OH excluding ortho intramolecular Hbond substituents is 1. The molecule has 1 heterocycles. The number of ether oxygens (including phenoxy) is 4. The molecule has 0 unspecified atom stereocenters. The molecule has 2 aromatic carbocycles. The summed E-state index contributed by atoms with van der Waals surface area (Å²) in [5.74, 6) is 1.98. The van der Waals surface area contributed by atoms with Crippen molar-refractivity contribution in [2.45, 2.75) is 0 Å². The van der Waals surface area contributed by atoms with Crippen molar-refractivity contribution in [3.05, 3.63) is 42.9 Å². The molecule has 7 heteroatoms. The van der Waals surface area contributed by atoms with Crippen LogP contribution in [0.2, 0.25) is 0 Å². The van der Waals surface area contributed by atoms with E-state index in [-0.39, 0.29) is 5.75 Å². The first-order valence-corrected chi connectivity index (χ1v) is 8.10.